The average molecular weight is 216 g/mol. The van der Waals surface area contributed by atoms with E-state index in [0.717, 1.165) is 25.7 Å². The molecule has 3 rings (SSSR count). The predicted octanol–water partition coefficient (Wildman–Crippen LogP) is 1.63. The van der Waals surface area contributed by atoms with Crippen molar-refractivity contribution in [3.63, 3.8) is 0 Å². The van der Waals surface area contributed by atoms with Crippen molar-refractivity contribution < 1.29 is 0 Å². The molecule has 16 heavy (non-hydrogen) atoms. The topological polar surface area (TPSA) is 24.1 Å². The lowest BCUT2D eigenvalue weighted by Crippen LogP contribution is -2.24. The van der Waals surface area contributed by atoms with E-state index < -0.39 is 0 Å². The minimum Gasteiger partial charge on any atom is -0.314 e. The van der Waals surface area contributed by atoms with E-state index in [2.05, 4.69) is 28.8 Å². The molecule has 0 unspecified atom stereocenters. The molecule has 0 bridgehead atoms. The van der Waals surface area contributed by atoms with Crippen molar-refractivity contribution >= 4 is 0 Å². The van der Waals surface area contributed by atoms with E-state index in [0.29, 0.717) is 0 Å². The zero-order chi connectivity index (χ0) is 10.8. The second-order valence-corrected chi connectivity index (χ2v) is 5.01. The molecule has 1 heterocycles. The summed E-state index contributed by atoms with van der Waals surface area (Å²) >= 11 is 0. The van der Waals surface area contributed by atoms with Crippen molar-refractivity contribution in [1.29, 1.82) is 0 Å². The molecule has 2 nitrogen and oxygen atoms in total. The molecule has 0 aromatic heterocycles. The third kappa shape index (κ3) is 2.45. The number of nitrogens with one attached hydrogen (secondary N) is 2. The van der Waals surface area contributed by atoms with Gasteiger partial charge in [-0.15, -0.1) is 0 Å². The first kappa shape index (κ1) is 10.3. The van der Waals surface area contributed by atoms with Gasteiger partial charge in [0.1, 0.15) is 0 Å². The van der Waals surface area contributed by atoms with Crippen LogP contribution in [0.2, 0.25) is 0 Å². The standard InChI is InChI=1S/C14H20N2/c1-2-12-6-7-15-10-13(12)9-11(1)5-8-16-14-3-4-14/h1-2,9,14-16H,3-8,10H2. The number of hydrogen-bond donors (Lipinski definition) is 2. The molecule has 2 aliphatic rings. The van der Waals surface area contributed by atoms with Crippen LogP contribution in [0.5, 0.6) is 0 Å². The lowest BCUT2D eigenvalue weighted by molar-refractivity contribution is 0.640. The molecule has 1 aromatic rings. The summed E-state index contributed by atoms with van der Waals surface area (Å²) in [6, 6.07) is 7.84. The fourth-order valence-electron chi connectivity index (χ4n) is 2.40. The zero-order valence-electron chi connectivity index (χ0n) is 9.76. The molecule has 1 saturated carbocycles. The molecule has 0 amide bonds. The van der Waals surface area contributed by atoms with Crippen LogP contribution < -0.4 is 10.6 Å². The Balaban J connectivity index is 1.60. The van der Waals surface area contributed by atoms with Crippen LogP contribution in [0.4, 0.5) is 0 Å². The lowest BCUT2D eigenvalue weighted by atomic mass is 9.97. The SMILES string of the molecule is c1cc2c(cc1CCNC1CC1)CNCC2. The Morgan fingerprint density at radius 3 is 3.06 bits per heavy atom. The van der Waals surface area contributed by atoms with Crippen molar-refractivity contribution in [2.24, 2.45) is 0 Å². The minimum absolute atomic E-state index is 0.833. The summed E-state index contributed by atoms with van der Waals surface area (Å²) in [5.41, 5.74) is 4.53. The first-order valence-corrected chi connectivity index (χ1v) is 6.46. The highest BCUT2D eigenvalue weighted by Gasteiger charge is 2.19. The number of benzene rings is 1. The molecule has 1 fully saturated rings. The summed E-state index contributed by atoms with van der Waals surface area (Å²) in [6.45, 7) is 3.33. The predicted molar refractivity (Wildman–Crippen MR) is 66.6 cm³/mol. The monoisotopic (exact) mass is 216 g/mol. The van der Waals surface area contributed by atoms with Crippen molar-refractivity contribution in [2.45, 2.75) is 38.3 Å². The van der Waals surface area contributed by atoms with E-state index in [1.165, 1.54) is 42.4 Å². The first-order chi connectivity index (χ1) is 7.92. The quantitative estimate of drug-likeness (QED) is 0.799. The average Bonchev–Trinajstić information content (AvgIpc) is 3.13. The molecule has 1 aliphatic carbocycles. The molecule has 2 heteroatoms. The van der Waals surface area contributed by atoms with E-state index in [9.17, 15) is 0 Å². The Morgan fingerprint density at radius 1 is 1.25 bits per heavy atom. The van der Waals surface area contributed by atoms with Gasteiger partial charge in [-0.2, -0.15) is 0 Å². The van der Waals surface area contributed by atoms with Crippen molar-refractivity contribution in [2.75, 3.05) is 13.1 Å². The van der Waals surface area contributed by atoms with Crippen molar-refractivity contribution in [3.05, 3.63) is 34.9 Å². The van der Waals surface area contributed by atoms with E-state index in [1.54, 1.807) is 0 Å². The van der Waals surface area contributed by atoms with Crippen LogP contribution >= 0.6 is 0 Å². The van der Waals surface area contributed by atoms with Gasteiger partial charge in [-0.1, -0.05) is 18.2 Å². The van der Waals surface area contributed by atoms with Gasteiger partial charge < -0.3 is 10.6 Å². The maximum Gasteiger partial charge on any atom is 0.0208 e. The molecule has 2 N–H and O–H groups in total. The van der Waals surface area contributed by atoms with Gasteiger partial charge in [0, 0.05) is 12.6 Å². The smallest absolute Gasteiger partial charge is 0.0208 e. The minimum atomic E-state index is 0.833. The largest absolute Gasteiger partial charge is 0.314 e. The van der Waals surface area contributed by atoms with Gasteiger partial charge in [0.25, 0.3) is 0 Å². The Kier molecular flexibility index (Phi) is 2.94. The van der Waals surface area contributed by atoms with Crippen LogP contribution in [0.1, 0.15) is 29.5 Å². The van der Waals surface area contributed by atoms with E-state index in [-0.39, 0.29) is 0 Å². The normalized spacial score (nSPS) is 19.5. The van der Waals surface area contributed by atoms with E-state index in [1.807, 2.05) is 0 Å². The van der Waals surface area contributed by atoms with Crippen LogP contribution in [-0.4, -0.2) is 19.1 Å². The van der Waals surface area contributed by atoms with Gasteiger partial charge in [0.05, 0.1) is 0 Å². The van der Waals surface area contributed by atoms with Gasteiger partial charge in [-0.05, 0) is 55.5 Å². The van der Waals surface area contributed by atoms with Gasteiger partial charge in [0.15, 0.2) is 0 Å². The summed E-state index contributed by atoms with van der Waals surface area (Å²) in [6.07, 6.45) is 5.13. The molecule has 1 aliphatic heterocycles. The van der Waals surface area contributed by atoms with Crippen LogP contribution in [-0.2, 0) is 19.4 Å². The third-order valence-electron chi connectivity index (χ3n) is 3.58. The second-order valence-electron chi connectivity index (χ2n) is 5.01. The molecule has 0 spiro atoms. The maximum atomic E-state index is 3.57. The number of hydrogen-bond acceptors (Lipinski definition) is 2. The van der Waals surface area contributed by atoms with Crippen molar-refractivity contribution in [3.8, 4) is 0 Å². The van der Waals surface area contributed by atoms with Gasteiger partial charge >= 0.3 is 0 Å². The summed E-state index contributed by atoms with van der Waals surface area (Å²) < 4.78 is 0. The summed E-state index contributed by atoms with van der Waals surface area (Å²) in [5.74, 6) is 0. The van der Waals surface area contributed by atoms with Crippen LogP contribution in [0.15, 0.2) is 18.2 Å². The summed E-state index contributed by atoms with van der Waals surface area (Å²) in [7, 11) is 0. The highest BCUT2D eigenvalue weighted by molar-refractivity contribution is 5.33. The molecule has 0 saturated heterocycles. The molecular formula is C14H20N2. The van der Waals surface area contributed by atoms with Crippen molar-refractivity contribution in [1.82, 2.24) is 10.6 Å². The van der Waals surface area contributed by atoms with Gasteiger partial charge in [0.2, 0.25) is 0 Å². The summed E-state index contributed by atoms with van der Waals surface area (Å²) in [5, 5.41) is 7.01. The number of fused-ring (bicyclic) bond motifs is 1. The van der Waals surface area contributed by atoms with E-state index in [4.69, 9.17) is 0 Å². The Labute approximate surface area is 97.4 Å². The zero-order valence-corrected chi connectivity index (χ0v) is 9.76. The molecule has 0 radical (unpaired) electrons. The maximum absolute atomic E-state index is 3.57. The molecular weight excluding hydrogens is 196 g/mol. The highest BCUT2D eigenvalue weighted by Crippen LogP contribution is 2.19. The van der Waals surface area contributed by atoms with Crippen LogP contribution in [0.3, 0.4) is 0 Å². The molecule has 86 valence electrons. The second kappa shape index (κ2) is 4.56. The Bertz CT molecular complexity index is 369. The van der Waals surface area contributed by atoms with Gasteiger partial charge in [-0.25, -0.2) is 0 Å². The first-order valence-electron chi connectivity index (χ1n) is 6.46. The third-order valence-corrected chi connectivity index (χ3v) is 3.58. The fraction of sp³-hybridized carbons (Fsp3) is 0.571. The lowest BCUT2D eigenvalue weighted by Gasteiger charge is -2.17. The molecule has 1 aromatic carbocycles. The van der Waals surface area contributed by atoms with Gasteiger partial charge in [-0.3, -0.25) is 0 Å². The van der Waals surface area contributed by atoms with Crippen LogP contribution in [0, 0.1) is 0 Å². The fourth-order valence-corrected chi connectivity index (χ4v) is 2.40. The Morgan fingerprint density at radius 2 is 2.19 bits per heavy atom. The van der Waals surface area contributed by atoms with E-state index >= 15 is 0 Å². The van der Waals surface area contributed by atoms with Crippen LogP contribution in [0.25, 0.3) is 0 Å². The highest BCUT2D eigenvalue weighted by atomic mass is 14.9. The molecule has 0 atom stereocenters. The number of rotatable bonds is 4. The Hall–Kier alpha value is -0.860. The summed E-state index contributed by atoms with van der Waals surface area (Å²) in [4.78, 5) is 0.